The van der Waals surface area contributed by atoms with Gasteiger partial charge in [0.25, 0.3) is 0 Å². The number of hydrogen-bond donors (Lipinski definition) is 0. The van der Waals surface area contributed by atoms with Gasteiger partial charge in [0.15, 0.2) is 0 Å². The number of nitriles is 1. The van der Waals surface area contributed by atoms with Crippen LogP contribution in [-0.2, 0) is 10.8 Å². The van der Waals surface area contributed by atoms with Gasteiger partial charge in [-0.3, -0.25) is 0 Å². The molecule has 1 aromatic heterocycles. The summed E-state index contributed by atoms with van der Waals surface area (Å²) in [6.45, 7) is 18.9. The minimum absolute atomic E-state index is 0.225. The highest BCUT2D eigenvalue weighted by molar-refractivity contribution is 7.16. The predicted molar refractivity (Wildman–Crippen MR) is 136 cm³/mol. The highest BCUT2D eigenvalue weighted by Crippen LogP contribution is 2.55. The van der Waals surface area contributed by atoms with Crippen molar-refractivity contribution < 1.29 is 0 Å². The fourth-order valence-electron chi connectivity index (χ4n) is 4.73. The zero-order valence-corrected chi connectivity index (χ0v) is 21.0. The van der Waals surface area contributed by atoms with Gasteiger partial charge >= 0.3 is 0 Å². The van der Waals surface area contributed by atoms with Gasteiger partial charge in [0.2, 0.25) is 0 Å². The SMILES string of the molecule is C=C(C#N)/C=C/C=C(\C=C/C)N(CC1CC1)c1sc2c(c1C)C(C)(C)CCC2(C)CC. The molecule has 1 saturated carbocycles. The molecule has 31 heavy (non-hydrogen) atoms. The van der Waals surface area contributed by atoms with Crippen molar-refractivity contribution in [1.82, 2.24) is 0 Å². The van der Waals surface area contributed by atoms with E-state index >= 15 is 0 Å². The maximum atomic E-state index is 9.02. The third-order valence-electron chi connectivity index (χ3n) is 7.17. The van der Waals surface area contributed by atoms with Gasteiger partial charge < -0.3 is 4.90 Å². The summed E-state index contributed by atoms with van der Waals surface area (Å²) in [5.41, 5.74) is 5.23. The van der Waals surface area contributed by atoms with Gasteiger partial charge in [-0.1, -0.05) is 46.4 Å². The topological polar surface area (TPSA) is 27.0 Å². The van der Waals surface area contributed by atoms with Crippen molar-refractivity contribution in [2.24, 2.45) is 5.92 Å². The molecule has 1 aromatic rings. The standard InChI is InChI=1S/C28H38N2S/c1-8-11-23(13-10-12-20(3)18-29)30(19-22-14-15-22)26-21(4)24-25(31-26)28(7,9-2)17-16-27(24,5)6/h8,10-13,22H,3,9,14-17,19H2,1-2,4-7H3/b11-8-,12-10+,23-13+. The Morgan fingerprint density at radius 1 is 1.26 bits per heavy atom. The van der Waals surface area contributed by atoms with Crippen LogP contribution in [0.25, 0.3) is 0 Å². The molecule has 3 heteroatoms. The molecule has 3 rings (SSSR count). The summed E-state index contributed by atoms with van der Waals surface area (Å²) in [6.07, 6.45) is 16.6. The lowest BCUT2D eigenvalue weighted by Crippen LogP contribution is -2.34. The molecule has 2 nitrogen and oxygen atoms in total. The first-order chi connectivity index (χ1) is 14.7. The fraction of sp³-hybridized carbons (Fsp3) is 0.536. The Balaban J connectivity index is 2.13. The molecule has 0 saturated heterocycles. The van der Waals surface area contributed by atoms with Gasteiger partial charge in [0, 0.05) is 28.1 Å². The Hall–Kier alpha value is -2.05. The van der Waals surface area contributed by atoms with Gasteiger partial charge in [-0.05, 0) is 86.6 Å². The maximum absolute atomic E-state index is 9.02. The highest BCUT2D eigenvalue weighted by atomic mass is 32.1. The van der Waals surface area contributed by atoms with E-state index in [4.69, 9.17) is 5.26 Å². The predicted octanol–water partition coefficient (Wildman–Crippen LogP) is 8.11. The van der Waals surface area contributed by atoms with Crippen LogP contribution >= 0.6 is 11.3 Å². The quantitative estimate of drug-likeness (QED) is 0.305. The van der Waals surface area contributed by atoms with Gasteiger partial charge in [-0.15, -0.1) is 11.3 Å². The Bertz CT molecular complexity index is 962. The number of allylic oxidation sites excluding steroid dienone is 6. The number of anilines is 1. The van der Waals surface area contributed by atoms with E-state index in [0.29, 0.717) is 5.57 Å². The molecule has 2 aliphatic carbocycles. The second-order valence-electron chi connectivity index (χ2n) is 10.2. The van der Waals surface area contributed by atoms with E-state index in [1.165, 1.54) is 48.4 Å². The van der Waals surface area contributed by atoms with E-state index in [-0.39, 0.29) is 10.8 Å². The van der Waals surface area contributed by atoms with Crippen LogP contribution < -0.4 is 4.90 Å². The van der Waals surface area contributed by atoms with Crippen LogP contribution in [-0.4, -0.2) is 6.54 Å². The summed E-state index contributed by atoms with van der Waals surface area (Å²) in [5.74, 6) is 0.774. The number of hydrogen-bond acceptors (Lipinski definition) is 3. The van der Waals surface area contributed by atoms with E-state index in [2.05, 4.69) is 77.3 Å². The van der Waals surface area contributed by atoms with Gasteiger partial charge in [0.1, 0.15) is 0 Å². The molecular formula is C28H38N2S. The Morgan fingerprint density at radius 2 is 1.97 bits per heavy atom. The summed E-state index contributed by atoms with van der Waals surface area (Å²) < 4.78 is 0. The fourth-order valence-corrected chi connectivity index (χ4v) is 6.50. The van der Waals surface area contributed by atoms with Crippen molar-refractivity contribution in [3.63, 3.8) is 0 Å². The second-order valence-corrected chi connectivity index (χ2v) is 11.2. The van der Waals surface area contributed by atoms with Crippen LogP contribution in [0.3, 0.4) is 0 Å². The number of rotatable bonds is 8. The molecule has 2 aliphatic rings. The minimum Gasteiger partial charge on any atom is -0.333 e. The van der Waals surface area contributed by atoms with E-state index < -0.39 is 0 Å². The monoisotopic (exact) mass is 434 g/mol. The zero-order chi connectivity index (χ0) is 22.8. The summed E-state index contributed by atoms with van der Waals surface area (Å²) in [7, 11) is 0. The van der Waals surface area contributed by atoms with Crippen molar-refractivity contribution in [1.29, 1.82) is 5.26 Å². The normalized spacial score (nSPS) is 23.2. The molecule has 0 spiro atoms. The van der Waals surface area contributed by atoms with Crippen molar-refractivity contribution in [2.75, 3.05) is 11.4 Å². The molecule has 1 unspecified atom stereocenters. The molecule has 1 heterocycles. The molecule has 0 N–H and O–H groups in total. The lowest BCUT2D eigenvalue weighted by Gasteiger charge is -2.41. The Morgan fingerprint density at radius 3 is 2.55 bits per heavy atom. The second kappa shape index (κ2) is 9.21. The summed E-state index contributed by atoms with van der Waals surface area (Å²) in [4.78, 5) is 4.15. The van der Waals surface area contributed by atoms with Crippen LogP contribution in [0.4, 0.5) is 5.00 Å². The highest BCUT2D eigenvalue weighted by Gasteiger charge is 2.43. The van der Waals surface area contributed by atoms with Crippen molar-refractivity contribution in [3.8, 4) is 6.07 Å². The number of nitrogens with zero attached hydrogens (tertiary/aromatic N) is 2. The lowest BCUT2D eigenvalue weighted by atomic mass is 9.64. The number of fused-ring (bicyclic) bond motifs is 1. The lowest BCUT2D eigenvalue weighted by molar-refractivity contribution is 0.311. The molecule has 1 fully saturated rings. The molecule has 0 amide bonds. The first kappa shape index (κ1) is 23.6. The molecular weight excluding hydrogens is 396 g/mol. The largest absolute Gasteiger partial charge is 0.333 e. The summed E-state index contributed by atoms with van der Waals surface area (Å²) in [6, 6.07) is 2.10. The van der Waals surface area contributed by atoms with E-state index in [1.807, 2.05) is 17.4 Å². The third-order valence-corrected chi connectivity index (χ3v) is 8.79. The zero-order valence-electron chi connectivity index (χ0n) is 20.2. The van der Waals surface area contributed by atoms with E-state index in [1.54, 1.807) is 16.5 Å². The summed E-state index contributed by atoms with van der Waals surface area (Å²) >= 11 is 2.03. The van der Waals surface area contributed by atoms with Crippen molar-refractivity contribution >= 4 is 16.3 Å². The minimum atomic E-state index is 0.225. The van der Waals surface area contributed by atoms with Gasteiger partial charge in [0.05, 0.1) is 11.1 Å². The molecule has 166 valence electrons. The first-order valence-corrected chi connectivity index (χ1v) is 12.5. The van der Waals surface area contributed by atoms with E-state index in [9.17, 15) is 0 Å². The summed E-state index contributed by atoms with van der Waals surface area (Å²) in [5, 5.41) is 10.4. The molecule has 1 atom stereocenters. The molecule has 0 aromatic carbocycles. The molecule has 0 radical (unpaired) electrons. The number of thiophene rings is 1. The van der Waals surface area contributed by atoms with Crippen LogP contribution in [0, 0.1) is 24.2 Å². The maximum Gasteiger partial charge on any atom is 0.0989 e. The van der Waals surface area contributed by atoms with E-state index in [0.717, 1.165) is 12.5 Å². The average molecular weight is 435 g/mol. The van der Waals surface area contributed by atoms with Crippen molar-refractivity contribution in [3.05, 3.63) is 64.2 Å². The van der Waals surface area contributed by atoms with Crippen LogP contribution in [0.1, 0.15) is 82.7 Å². The smallest absolute Gasteiger partial charge is 0.0989 e. The van der Waals surface area contributed by atoms with Crippen LogP contribution in [0.15, 0.2) is 48.2 Å². The average Bonchev–Trinajstić information content (AvgIpc) is 3.49. The first-order valence-electron chi connectivity index (χ1n) is 11.7. The third kappa shape index (κ3) is 4.90. The van der Waals surface area contributed by atoms with Crippen LogP contribution in [0.2, 0.25) is 0 Å². The van der Waals surface area contributed by atoms with Gasteiger partial charge in [-0.2, -0.15) is 5.26 Å². The molecule has 0 aliphatic heterocycles. The Labute approximate surface area is 193 Å². The van der Waals surface area contributed by atoms with Gasteiger partial charge in [-0.25, -0.2) is 0 Å². The Kier molecular flexibility index (Phi) is 7.01. The van der Waals surface area contributed by atoms with Crippen molar-refractivity contribution in [2.45, 2.75) is 84.5 Å². The van der Waals surface area contributed by atoms with Crippen LogP contribution in [0.5, 0.6) is 0 Å². The molecule has 0 bridgehead atoms.